The van der Waals surface area contributed by atoms with Crippen molar-refractivity contribution < 1.29 is 20.1 Å². The third-order valence-corrected chi connectivity index (χ3v) is 11.0. The predicted molar refractivity (Wildman–Crippen MR) is 118 cm³/mol. The molecule has 0 aromatic heterocycles. The van der Waals surface area contributed by atoms with E-state index in [2.05, 4.69) is 27.7 Å². The zero-order chi connectivity index (χ0) is 21.8. The highest BCUT2D eigenvalue weighted by molar-refractivity contribution is 5.66. The highest BCUT2D eigenvalue weighted by atomic mass is 16.4. The molecule has 4 saturated carbocycles. The minimum atomic E-state index is -0.683. The van der Waals surface area contributed by atoms with E-state index < -0.39 is 5.97 Å². The van der Waals surface area contributed by atoms with Crippen LogP contribution < -0.4 is 0 Å². The van der Waals surface area contributed by atoms with Crippen molar-refractivity contribution in [3.63, 3.8) is 0 Å². The standard InChI is InChI=1S/C26H44O4/c1-5-17-21-14-16(27)10-12-26(21,4)20-11-13-25(3)18(15(2)6-9-22(28)29)7-8-19(25)23(20)24(17)30/h15-21,23-24,27,30H,5-14H2,1-4H3,(H,28,29)/t15-,16-,17+,18-,19+,20+,21+,23+,24+,25+,26+/m0/s1. The van der Waals surface area contributed by atoms with Crippen LogP contribution >= 0.6 is 0 Å². The maximum absolute atomic E-state index is 11.7. The summed E-state index contributed by atoms with van der Waals surface area (Å²) >= 11 is 0. The number of aliphatic hydroxyl groups excluding tert-OH is 2. The topological polar surface area (TPSA) is 77.8 Å². The van der Waals surface area contributed by atoms with Crippen molar-refractivity contribution in [2.45, 2.75) is 104 Å². The summed E-state index contributed by atoms with van der Waals surface area (Å²) in [7, 11) is 0. The quantitative estimate of drug-likeness (QED) is 0.577. The largest absolute Gasteiger partial charge is 0.481 e. The average Bonchev–Trinajstić information content (AvgIpc) is 3.05. The first-order valence-corrected chi connectivity index (χ1v) is 12.7. The molecule has 0 aromatic carbocycles. The highest BCUT2D eigenvalue weighted by Gasteiger charge is 2.64. The van der Waals surface area contributed by atoms with Gasteiger partial charge in [-0.15, -0.1) is 0 Å². The van der Waals surface area contributed by atoms with E-state index in [1.165, 1.54) is 25.7 Å². The maximum Gasteiger partial charge on any atom is 0.303 e. The van der Waals surface area contributed by atoms with E-state index in [0.717, 1.165) is 32.1 Å². The van der Waals surface area contributed by atoms with Gasteiger partial charge in [0.15, 0.2) is 0 Å². The predicted octanol–water partition coefficient (Wildman–Crippen LogP) is 5.11. The fourth-order valence-electron chi connectivity index (χ4n) is 9.48. The summed E-state index contributed by atoms with van der Waals surface area (Å²) < 4.78 is 0. The van der Waals surface area contributed by atoms with Crippen LogP contribution in [0.1, 0.15) is 91.9 Å². The second-order valence-corrected chi connectivity index (χ2v) is 12.0. The molecule has 0 unspecified atom stereocenters. The van der Waals surface area contributed by atoms with Gasteiger partial charge in [0.1, 0.15) is 0 Å². The lowest BCUT2D eigenvalue weighted by Gasteiger charge is -2.64. The zero-order valence-corrected chi connectivity index (χ0v) is 19.5. The molecule has 3 N–H and O–H groups in total. The summed E-state index contributed by atoms with van der Waals surface area (Å²) in [5.74, 6) is 2.58. The highest BCUT2D eigenvalue weighted by Crippen LogP contribution is 2.69. The van der Waals surface area contributed by atoms with Gasteiger partial charge in [-0.05, 0) is 104 Å². The van der Waals surface area contributed by atoms with Gasteiger partial charge in [0.25, 0.3) is 0 Å². The molecule has 4 fully saturated rings. The average molecular weight is 421 g/mol. The van der Waals surface area contributed by atoms with Crippen molar-refractivity contribution in [3.8, 4) is 0 Å². The Kier molecular flexibility index (Phi) is 6.07. The van der Waals surface area contributed by atoms with Crippen molar-refractivity contribution in [2.24, 2.45) is 52.3 Å². The Morgan fingerprint density at radius 2 is 1.67 bits per heavy atom. The first-order valence-electron chi connectivity index (χ1n) is 12.7. The van der Waals surface area contributed by atoms with Crippen LogP contribution in [-0.2, 0) is 4.79 Å². The van der Waals surface area contributed by atoms with Gasteiger partial charge in [0.2, 0.25) is 0 Å². The number of carboxylic acids is 1. The van der Waals surface area contributed by atoms with Gasteiger partial charge in [-0.25, -0.2) is 0 Å². The van der Waals surface area contributed by atoms with Crippen molar-refractivity contribution in [2.75, 3.05) is 0 Å². The summed E-state index contributed by atoms with van der Waals surface area (Å²) in [6, 6.07) is 0. The van der Waals surface area contributed by atoms with E-state index in [-0.39, 0.29) is 29.5 Å². The number of hydrogen-bond donors (Lipinski definition) is 3. The van der Waals surface area contributed by atoms with Gasteiger partial charge in [0, 0.05) is 6.42 Å². The molecular weight excluding hydrogens is 376 g/mol. The number of hydrogen-bond acceptors (Lipinski definition) is 3. The first kappa shape index (κ1) is 22.6. The number of fused-ring (bicyclic) bond motifs is 5. The van der Waals surface area contributed by atoms with Gasteiger partial charge >= 0.3 is 5.97 Å². The lowest BCUT2D eigenvalue weighted by atomic mass is 9.41. The minimum Gasteiger partial charge on any atom is -0.481 e. The van der Waals surface area contributed by atoms with Crippen LogP contribution in [-0.4, -0.2) is 33.5 Å². The monoisotopic (exact) mass is 420 g/mol. The second kappa shape index (κ2) is 8.06. The Morgan fingerprint density at radius 1 is 1.00 bits per heavy atom. The number of aliphatic carboxylic acids is 1. The van der Waals surface area contributed by atoms with Crippen LogP contribution in [0.15, 0.2) is 0 Å². The molecule has 30 heavy (non-hydrogen) atoms. The lowest BCUT2D eigenvalue weighted by Crippen LogP contribution is -2.62. The maximum atomic E-state index is 11.7. The Labute approximate surface area is 182 Å². The molecule has 0 heterocycles. The van der Waals surface area contributed by atoms with Gasteiger partial charge in [-0.2, -0.15) is 0 Å². The summed E-state index contributed by atoms with van der Waals surface area (Å²) in [5.41, 5.74) is 0.480. The van der Waals surface area contributed by atoms with Crippen LogP contribution in [0.25, 0.3) is 0 Å². The molecule has 172 valence electrons. The molecule has 4 aliphatic rings. The first-order chi connectivity index (χ1) is 14.1. The molecule has 4 nitrogen and oxygen atoms in total. The lowest BCUT2D eigenvalue weighted by molar-refractivity contribution is -0.203. The Morgan fingerprint density at radius 3 is 2.33 bits per heavy atom. The molecule has 0 radical (unpaired) electrons. The van der Waals surface area contributed by atoms with E-state index >= 15 is 0 Å². The Bertz CT molecular complexity index is 649. The molecule has 0 spiro atoms. The SMILES string of the molecule is CC[C@H]1[C@@H](O)[C@H]2[C@@H](CC[C@@]3(C)[C@@H]2CC[C@H]3[C@@H](C)CCC(=O)O)[C@@]2(C)CC[C@H](O)C[C@H]12. The molecule has 0 aliphatic heterocycles. The van der Waals surface area contributed by atoms with Gasteiger partial charge in [0.05, 0.1) is 12.2 Å². The summed E-state index contributed by atoms with van der Waals surface area (Å²) in [6.07, 6.45) is 9.27. The van der Waals surface area contributed by atoms with Crippen LogP contribution in [0, 0.1) is 52.3 Å². The Balaban J connectivity index is 1.61. The van der Waals surface area contributed by atoms with Crippen LogP contribution in [0.5, 0.6) is 0 Å². The Hall–Kier alpha value is -0.610. The molecule has 0 saturated heterocycles. The molecule has 0 bridgehead atoms. The van der Waals surface area contributed by atoms with E-state index in [1.807, 2.05) is 0 Å². The van der Waals surface area contributed by atoms with Crippen LogP contribution in [0.2, 0.25) is 0 Å². The number of carboxylic acid groups (broad SMARTS) is 1. The molecule has 4 aliphatic carbocycles. The molecule has 0 amide bonds. The third kappa shape index (κ3) is 3.36. The summed E-state index contributed by atoms with van der Waals surface area (Å²) in [5, 5.41) is 31.3. The van der Waals surface area contributed by atoms with E-state index in [1.54, 1.807) is 0 Å². The summed E-state index contributed by atoms with van der Waals surface area (Å²) in [4.78, 5) is 11.1. The van der Waals surface area contributed by atoms with Crippen LogP contribution in [0.3, 0.4) is 0 Å². The second-order valence-electron chi connectivity index (χ2n) is 12.0. The van der Waals surface area contributed by atoms with E-state index in [0.29, 0.717) is 41.4 Å². The van der Waals surface area contributed by atoms with Crippen molar-refractivity contribution >= 4 is 5.97 Å². The minimum absolute atomic E-state index is 0.194. The molecule has 4 rings (SSSR count). The van der Waals surface area contributed by atoms with Crippen LogP contribution in [0.4, 0.5) is 0 Å². The van der Waals surface area contributed by atoms with Gasteiger partial charge in [-0.3, -0.25) is 4.79 Å². The van der Waals surface area contributed by atoms with Gasteiger partial charge < -0.3 is 15.3 Å². The fourth-order valence-corrected chi connectivity index (χ4v) is 9.48. The number of carbonyl (C=O) groups is 1. The van der Waals surface area contributed by atoms with Crippen molar-refractivity contribution in [3.05, 3.63) is 0 Å². The van der Waals surface area contributed by atoms with E-state index in [4.69, 9.17) is 5.11 Å². The van der Waals surface area contributed by atoms with E-state index in [9.17, 15) is 15.0 Å². The normalized spacial score (nSPS) is 51.5. The molecule has 4 heteroatoms. The molecule has 11 atom stereocenters. The van der Waals surface area contributed by atoms with Crippen molar-refractivity contribution in [1.29, 1.82) is 0 Å². The molecule has 0 aromatic rings. The fraction of sp³-hybridized carbons (Fsp3) is 0.962. The van der Waals surface area contributed by atoms with Gasteiger partial charge in [-0.1, -0.05) is 34.1 Å². The third-order valence-electron chi connectivity index (χ3n) is 11.0. The number of aliphatic hydroxyl groups is 2. The summed E-state index contributed by atoms with van der Waals surface area (Å²) in [6.45, 7) is 9.44. The van der Waals surface area contributed by atoms with Crippen molar-refractivity contribution in [1.82, 2.24) is 0 Å². The smallest absolute Gasteiger partial charge is 0.303 e. The number of rotatable bonds is 5. The zero-order valence-electron chi connectivity index (χ0n) is 19.5. The molecular formula is C26H44O4.